The predicted octanol–water partition coefficient (Wildman–Crippen LogP) is 2.69. The molecule has 0 aliphatic carbocycles. The lowest BCUT2D eigenvalue weighted by molar-refractivity contribution is 0.0926. The van der Waals surface area contributed by atoms with Gasteiger partial charge in [-0.1, -0.05) is 25.4 Å². The average Bonchev–Trinajstić information content (AvgIpc) is 2.81. The summed E-state index contributed by atoms with van der Waals surface area (Å²) < 4.78 is 38.7. The van der Waals surface area contributed by atoms with Gasteiger partial charge in [-0.3, -0.25) is 9.52 Å². The molecule has 0 saturated carbocycles. The van der Waals surface area contributed by atoms with E-state index in [4.69, 9.17) is 21.1 Å². The number of carbonyl (C=O) groups excluding carboxylic acids is 1. The molecule has 10 heteroatoms. The number of carbonyl (C=O) groups is 1. The van der Waals surface area contributed by atoms with Crippen molar-refractivity contribution < 1.29 is 22.7 Å². The molecule has 2 heterocycles. The molecule has 1 aromatic carbocycles. The fourth-order valence-electron chi connectivity index (χ4n) is 2.67. The minimum atomic E-state index is -4.03. The summed E-state index contributed by atoms with van der Waals surface area (Å²) in [4.78, 5) is 16.5. The number of amides is 1. The number of pyridine rings is 1. The van der Waals surface area contributed by atoms with E-state index in [1.54, 1.807) is 0 Å². The first kappa shape index (κ1) is 20.2. The molecule has 0 unspecified atom stereocenters. The number of methoxy groups -OCH3 is 1. The Bertz CT molecular complexity index is 1010. The van der Waals surface area contributed by atoms with E-state index in [2.05, 4.69) is 15.0 Å². The number of rotatable bonds is 5. The fraction of sp³-hybridized carbons (Fsp3) is 0.333. The van der Waals surface area contributed by atoms with Crippen molar-refractivity contribution in [1.82, 2.24) is 10.3 Å². The van der Waals surface area contributed by atoms with Gasteiger partial charge in [0.05, 0.1) is 25.0 Å². The van der Waals surface area contributed by atoms with E-state index in [0.717, 1.165) is 0 Å². The average molecular weight is 426 g/mol. The number of hydrogen-bond acceptors (Lipinski definition) is 6. The number of hydrogen-bond donors (Lipinski definition) is 2. The molecule has 150 valence electrons. The van der Waals surface area contributed by atoms with Gasteiger partial charge in [-0.25, -0.2) is 13.4 Å². The Morgan fingerprint density at radius 1 is 1.36 bits per heavy atom. The number of anilines is 1. The molecule has 1 aliphatic heterocycles. The first-order valence-corrected chi connectivity index (χ1v) is 10.4. The highest BCUT2D eigenvalue weighted by Gasteiger charge is 2.27. The second-order valence-corrected chi connectivity index (χ2v) is 8.70. The Balaban J connectivity index is 1.92. The summed E-state index contributed by atoms with van der Waals surface area (Å²) in [6, 6.07) is 5.48. The third kappa shape index (κ3) is 4.15. The molecule has 0 spiro atoms. The smallest absolute Gasteiger partial charge is 0.265 e. The van der Waals surface area contributed by atoms with Crippen molar-refractivity contribution in [1.29, 1.82) is 0 Å². The summed E-state index contributed by atoms with van der Waals surface area (Å²) in [5.74, 6) is 0.0935. The zero-order valence-electron chi connectivity index (χ0n) is 15.5. The molecule has 0 bridgehead atoms. The molecule has 1 amide bonds. The molecule has 0 saturated heterocycles. The minimum absolute atomic E-state index is 0.113. The van der Waals surface area contributed by atoms with E-state index in [-0.39, 0.29) is 57.3 Å². The molecular weight excluding hydrogens is 406 g/mol. The molecule has 0 fully saturated rings. The fourth-order valence-corrected chi connectivity index (χ4v) is 4.14. The van der Waals surface area contributed by atoms with Crippen molar-refractivity contribution in [2.24, 2.45) is 5.92 Å². The van der Waals surface area contributed by atoms with Gasteiger partial charge in [-0.2, -0.15) is 0 Å². The van der Waals surface area contributed by atoms with Crippen LogP contribution in [0.4, 0.5) is 5.69 Å². The molecule has 1 atom stereocenters. The van der Waals surface area contributed by atoms with Crippen LogP contribution in [0.15, 0.2) is 35.4 Å². The van der Waals surface area contributed by atoms with Gasteiger partial charge in [0.2, 0.25) is 5.88 Å². The van der Waals surface area contributed by atoms with Crippen molar-refractivity contribution in [2.45, 2.75) is 24.8 Å². The monoisotopic (exact) mass is 425 g/mol. The number of halogens is 1. The Morgan fingerprint density at radius 2 is 2.11 bits per heavy atom. The number of ether oxygens (including phenoxy) is 2. The number of nitrogens with zero attached hydrogens (tertiary/aromatic N) is 1. The summed E-state index contributed by atoms with van der Waals surface area (Å²) in [5, 5.41) is 3.11. The molecule has 8 nitrogen and oxygen atoms in total. The lowest BCUT2D eigenvalue weighted by atomic mass is 10.1. The lowest BCUT2D eigenvalue weighted by Crippen LogP contribution is -2.40. The largest absolute Gasteiger partial charge is 0.495 e. The zero-order chi connectivity index (χ0) is 20.5. The molecule has 1 aromatic heterocycles. The van der Waals surface area contributed by atoms with Crippen LogP contribution in [-0.4, -0.2) is 39.1 Å². The molecular formula is C18H20ClN3O5S. The second kappa shape index (κ2) is 7.84. The van der Waals surface area contributed by atoms with Crippen molar-refractivity contribution in [2.75, 3.05) is 18.4 Å². The number of nitrogens with one attached hydrogen (secondary N) is 2. The van der Waals surface area contributed by atoms with Crippen LogP contribution in [0.1, 0.15) is 24.2 Å². The van der Waals surface area contributed by atoms with E-state index in [1.165, 1.54) is 37.6 Å². The Hall–Kier alpha value is -2.52. The normalized spacial score (nSPS) is 16.6. The van der Waals surface area contributed by atoms with Gasteiger partial charge >= 0.3 is 0 Å². The summed E-state index contributed by atoms with van der Waals surface area (Å²) in [7, 11) is -2.67. The first-order chi connectivity index (χ1) is 13.2. The van der Waals surface area contributed by atoms with Crippen LogP contribution in [0, 0.1) is 5.92 Å². The van der Waals surface area contributed by atoms with Gasteiger partial charge < -0.3 is 14.8 Å². The van der Waals surface area contributed by atoms with Gasteiger partial charge in [0.25, 0.3) is 15.9 Å². The summed E-state index contributed by atoms with van der Waals surface area (Å²) >= 11 is 5.92. The molecule has 1 aliphatic rings. The van der Waals surface area contributed by atoms with Crippen molar-refractivity contribution in [3.8, 4) is 11.6 Å². The number of benzene rings is 1. The van der Waals surface area contributed by atoms with Gasteiger partial charge in [0, 0.05) is 5.02 Å². The van der Waals surface area contributed by atoms with Gasteiger partial charge in [0.15, 0.2) is 0 Å². The van der Waals surface area contributed by atoms with Crippen LogP contribution in [0.25, 0.3) is 0 Å². The highest BCUT2D eigenvalue weighted by Crippen LogP contribution is 2.30. The lowest BCUT2D eigenvalue weighted by Gasteiger charge is -2.18. The summed E-state index contributed by atoms with van der Waals surface area (Å²) in [6.07, 6.45) is 1.29. The van der Waals surface area contributed by atoms with E-state index in [0.29, 0.717) is 0 Å². The van der Waals surface area contributed by atoms with Crippen LogP contribution in [0.2, 0.25) is 5.02 Å². The third-order valence-electron chi connectivity index (χ3n) is 4.28. The third-order valence-corrected chi connectivity index (χ3v) is 5.92. The Labute approximate surface area is 168 Å². The standard InChI is InChI=1S/C18H20ClN3O5S/c1-10(2)14-9-27-18-13(17(23)21-14)7-12(8-20-18)22-28(24,25)16-6-11(19)4-5-15(16)26-3/h4-8,10,14,22H,9H2,1-3H3,(H,21,23)/t14-/m1/s1. The Morgan fingerprint density at radius 3 is 2.79 bits per heavy atom. The van der Waals surface area contributed by atoms with Crippen LogP contribution in [0.5, 0.6) is 11.6 Å². The highest BCUT2D eigenvalue weighted by molar-refractivity contribution is 7.92. The number of aromatic nitrogens is 1. The quantitative estimate of drug-likeness (QED) is 0.762. The SMILES string of the molecule is COc1ccc(Cl)cc1S(=O)(=O)Nc1cnc2c(c1)C(=O)N[C@@H](C(C)C)CO2. The van der Waals surface area contributed by atoms with Crippen molar-refractivity contribution >= 4 is 33.2 Å². The van der Waals surface area contributed by atoms with Crippen LogP contribution < -0.4 is 19.5 Å². The molecule has 3 rings (SSSR count). The highest BCUT2D eigenvalue weighted by atomic mass is 35.5. The first-order valence-electron chi connectivity index (χ1n) is 8.51. The van der Waals surface area contributed by atoms with E-state index in [1.807, 2.05) is 13.8 Å². The Kier molecular flexibility index (Phi) is 5.66. The molecule has 2 N–H and O–H groups in total. The maximum Gasteiger partial charge on any atom is 0.265 e. The summed E-state index contributed by atoms with van der Waals surface area (Å²) in [6.45, 7) is 4.22. The van der Waals surface area contributed by atoms with E-state index >= 15 is 0 Å². The van der Waals surface area contributed by atoms with Crippen LogP contribution in [-0.2, 0) is 10.0 Å². The second-order valence-electron chi connectivity index (χ2n) is 6.61. The maximum atomic E-state index is 12.8. The predicted molar refractivity (Wildman–Crippen MR) is 105 cm³/mol. The topological polar surface area (TPSA) is 107 Å². The molecule has 28 heavy (non-hydrogen) atoms. The van der Waals surface area contributed by atoms with E-state index in [9.17, 15) is 13.2 Å². The van der Waals surface area contributed by atoms with Crippen molar-refractivity contribution in [3.05, 3.63) is 41.0 Å². The maximum absolute atomic E-state index is 12.8. The van der Waals surface area contributed by atoms with Gasteiger partial charge in [-0.05, 0) is 30.2 Å². The van der Waals surface area contributed by atoms with Gasteiger partial charge in [0.1, 0.15) is 22.8 Å². The van der Waals surface area contributed by atoms with Crippen molar-refractivity contribution in [3.63, 3.8) is 0 Å². The zero-order valence-corrected chi connectivity index (χ0v) is 17.1. The summed E-state index contributed by atoms with van der Waals surface area (Å²) in [5.41, 5.74) is 0.268. The molecule has 2 aromatic rings. The van der Waals surface area contributed by atoms with Gasteiger partial charge in [-0.15, -0.1) is 0 Å². The molecule has 0 radical (unpaired) electrons. The van der Waals surface area contributed by atoms with Crippen LogP contribution in [0.3, 0.4) is 0 Å². The van der Waals surface area contributed by atoms with E-state index < -0.39 is 10.0 Å². The number of fused-ring (bicyclic) bond motifs is 1. The number of sulfonamides is 1. The van der Waals surface area contributed by atoms with Crippen LogP contribution >= 0.6 is 11.6 Å². The minimum Gasteiger partial charge on any atom is -0.495 e.